The van der Waals surface area contributed by atoms with Gasteiger partial charge in [0.1, 0.15) is 17.8 Å². The molecule has 0 radical (unpaired) electrons. The van der Waals surface area contributed by atoms with Gasteiger partial charge in [0.25, 0.3) is 5.91 Å². The third kappa shape index (κ3) is 4.76. The summed E-state index contributed by atoms with van der Waals surface area (Å²) in [6.07, 6.45) is 7.55. The number of nitrogens with zero attached hydrogens (tertiary/aromatic N) is 5. The van der Waals surface area contributed by atoms with E-state index in [0.29, 0.717) is 30.4 Å². The summed E-state index contributed by atoms with van der Waals surface area (Å²) < 4.78 is 25.0. The van der Waals surface area contributed by atoms with E-state index in [4.69, 9.17) is 5.73 Å². The minimum atomic E-state index is -3.15. The summed E-state index contributed by atoms with van der Waals surface area (Å²) in [4.78, 5) is 25.2. The standard InChI is InChI=1S/C19H30N6O3S/c1-4-16-17(21-13-22-18(16)20)19(26)25-11-7-15(8-12-25)24-9-5-14(6-10-24)23(2)29(3,27)28/h4,13-15H,1,5-12H2,2-3H3,(H2,20,21,22). The van der Waals surface area contributed by atoms with Crippen molar-refractivity contribution in [3.63, 3.8) is 0 Å². The van der Waals surface area contributed by atoms with Crippen molar-refractivity contribution in [2.45, 2.75) is 37.8 Å². The summed E-state index contributed by atoms with van der Waals surface area (Å²) in [5.41, 5.74) is 6.62. The smallest absolute Gasteiger partial charge is 0.273 e. The average molecular weight is 423 g/mol. The van der Waals surface area contributed by atoms with Crippen LogP contribution in [0.1, 0.15) is 41.7 Å². The van der Waals surface area contributed by atoms with Gasteiger partial charge in [-0.1, -0.05) is 12.7 Å². The summed E-state index contributed by atoms with van der Waals surface area (Å²) in [6.45, 7) is 6.79. The Hall–Kier alpha value is -2.04. The fourth-order valence-corrected chi connectivity index (χ4v) is 5.00. The Balaban J connectivity index is 1.55. The molecule has 2 aliphatic heterocycles. The molecule has 0 bridgehead atoms. The number of hydrogen-bond donors (Lipinski definition) is 1. The Morgan fingerprint density at radius 1 is 1.21 bits per heavy atom. The maximum absolute atomic E-state index is 12.9. The summed E-state index contributed by atoms with van der Waals surface area (Å²) in [5.74, 6) is 0.121. The van der Waals surface area contributed by atoms with Crippen LogP contribution in [-0.2, 0) is 10.0 Å². The van der Waals surface area contributed by atoms with Crippen molar-refractivity contribution in [2.75, 3.05) is 45.2 Å². The SMILES string of the molecule is C=Cc1c(N)ncnc1C(=O)N1CCC(N2CCC(N(C)S(C)(=O)=O)CC2)CC1. The Bertz CT molecular complexity index is 859. The fraction of sp³-hybridized carbons (Fsp3) is 0.632. The number of amides is 1. The molecular formula is C19H30N6O3S. The highest BCUT2D eigenvalue weighted by Gasteiger charge is 2.33. The third-order valence-electron chi connectivity index (χ3n) is 6.13. The highest BCUT2D eigenvalue weighted by Crippen LogP contribution is 2.25. The quantitative estimate of drug-likeness (QED) is 0.742. The van der Waals surface area contributed by atoms with Gasteiger partial charge < -0.3 is 15.5 Å². The van der Waals surface area contributed by atoms with Gasteiger partial charge >= 0.3 is 0 Å². The molecule has 0 atom stereocenters. The van der Waals surface area contributed by atoms with Crippen molar-refractivity contribution in [3.8, 4) is 0 Å². The van der Waals surface area contributed by atoms with Crippen LogP contribution in [0, 0.1) is 0 Å². The van der Waals surface area contributed by atoms with Crippen LogP contribution in [0.5, 0.6) is 0 Å². The van der Waals surface area contributed by atoms with Gasteiger partial charge in [-0.3, -0.25) is 4.79 Å². The van der Waals surface area contributed by atoms with Gasteiger partial charge in [-0.15, -0.1) is 0 Å². The van der Waals surface area contributed by atoms with E-state index in [2.05, 4.69) is 21.4 Å². The van der Waals surface area contributed by atoms with Gasteiger partial charge in [-0.2, -0.15) is 0 Å². The van der Waals surface area contributed by atoms with Crippen LogP contribution in [0.4, 0.5) is 5.82 Å². The van der Waals surface area contributed by atoms with E-state index in [0.717, 1.165) is 38.8 Å². The zero-order valence-corrected chi connectivity index (χ0v) is 17.9. The van der Waals surface area contributed by atoms with Gasteiger partial charge in [-0.05, 0) is 38.8 Å². The second-order valence-corrected chi connectivity index (χ2v) is 9.84. The Morgan fingerprint density at radius 3 is 2.38 bits per heavy atom. The minimum Gasteiger partial charge on any atom is -0.383 e. The lowest BCUT2D eigenvalue weighted by Crippen LogP contribution is -2.52. The first-order valence-corrected chi connectivity index (χ1v) is 11.8. The summed E-state index contributed by atoms with van der Waals surface area (Å²) in [7, 11) is -1.49. The van der Waals surface area contributed by atoms with Crippen molar-refractivity contribution < 1.29 is 13.2 Å². The number of anilines is 1. The second kappa shape index (κ2) is 8.76. The first kappa shape index (κ1) is 21.7. The van der Waals surface area contributed by atoms with Crippen LogP contribution >= 0.6 is 0 Å². The molecule has 2 aliphatic rings. The van der Waals surface area contributed by atoms with Crippen molar-refractivity contribution in [3.05, 3.63) is 24.2 Å². The van der Waals surface area contributed by atoms with E-state index >= 15 is 0 Å². The van der Waals surface area contributed by atoms with E-state index in [9.17, 15) is 13.2 Å². The topological polar surface area (TPSA) is 113 Å². The van der Waals surface area contributed by atoms with Gasteiger partial charge in [-0.25, -0.2) is 22.7 Å². The highest BCUT2D eigenvalue weighted by atomic mass is 32.2. The van der Waals surface area contributed by atoms with Crippen LogP contribution in [0.2, 0.25) is 0 Å². The largest absolute Gasteiger partial charge is 0.383 e. The number of piperidine rings is 2. The molecule has 0 unspecified atom stereocenters. The van der Waals surface area contributed by atoms with Crippen LogP contribution in [-0.4, -0.2) is 90.0 Å². The average Bonchev–Trinajstić information content (AvgIpc) is 2.72. The zero-order valence-electron chi connectivity index (χ0n) is 17.1. The lowest BCUT2D eigenvalue weighted by Gasteiger charge is -2.43. The minimum absolute atomic E-state index is 0.0727. The van der Waals surface area contributed by atoms with Gasteiger partial charge in [0.2, 0.25) is 10.0 Å². The molecule has 10 heteroatoms. The van der Waals surface area contributed by atoms with Crippen molar-refractivity contribution in [1.82, 2.24) is 24.1 Å². The number of carbonyl (C=O) groups is 1. The van der Waals surface area contributed by atoms with Crippen LogP contribution in [0.15, 0.2) is 12.9 Å². The molecule has 2 saturated heterocycles. The molecule has 160 valence electrons. The van der Waals surface area contributed by atoms with E-state index in [1.165, 1.54) is 23.0 Å². The molecule has 0 aliphatic carbocycles. The van der Waals surface area contributed by atoms with E-state index in [-0.39, 0.29) is 17.8 Å². The summed E-state index contributed by atoms with van der Waals surface area (Å²) in [6, 6.07) is 0.487. The molecule has 0 aromatic carbocycles. The molecule has 1 aromatic heterocycles. The number of likely N-dealkylation sites (tertiary alicyclic amines) is 2. The van der Waals surface area contributed by atoms with E-state index < -0.39 is 10.0 Å². The molecular weight excluding hydrogens is 392 g/mol. The van der Waals surface area contributed by atoms with Crippen molar-refractivity contribution in [2.24, 2.45) is 0 Å². The molecule has 0 spiro atoms. The van der Waals surface area contributed by atoms with Gasteiger partial charge in [0.15, 0.2) is 0 Å². The Labute approximate surface area is 172 Å². The molecule has 1 aromatic rings. The van der Waals surface area contributed by atoms with E-state index in [1.807, 2.05) is 4.90 Å². The third-order valence-corrected chi connectivity index (χ3v) is 7.47. The lowest BCUT2D eigenvalue weighted by atomic mass is 9.97. The number of sulfonamides is 1. The Morgan fingerprint density at radius 2 is 1.83 bits per heavy atom. The normalized spacial score (nSPS) is 20.2. The molecule has 1 amide bonds. The predicted octanol–water partition coefficient (Wildman–Crippen LogP) is 0.662. The number of nitrogen functional groups attached to an aromatic ring is 1. The monoisotopic (exact) mass is 422 g/mol. The second-order valence-electron chi connectivity index (χ2n) is 7.80. The first-order chi connectivity index (χ1) is 13.7. The first-order valence-electron chi connectivity index (χ1n) is 9.91. The zero-order chi connectivity index (χ0) is 21.2. The number of rotatable bonds is 5. The lowest BCUT2D eigenvalue weighted by molar-refractivity contribution is 0.0543. The van der Waals surface area contributed by atoms with Crippen LogP contribution < -0.4 is 5.73 Å². The van der Waals surface area contributed by atoms with Crippen molar-refractivity contribution in [1.29, 1.82) is 0 Å². The summed E-state index contributed by atoms with van der Waals surface area (Å²) >= 11 is 0. The van der Waals surface area contributed by atoms with Crippen LogP contribution in [0.25, 0.3) is 6.08 Å². The molecule has 29 heavy (non-hydrogen) atoms. The Kier molecular flexibility index (Phi) is 6.55. The molecule has 2 fully saturated rings. The highest BCUT2D eigenvalue weighted by molar-refractivity contribution is 7.88. The van der Waals surface area contributed by atoms with Crippen molar-refractivity contribution >= 4 is 27.8 Å². The molecule has 2 N–H and O–H groups in total. The maximum Gasteiger partial charge on any atom is 0.273 e. The van der Waals surface area contributed by atoms with Crippen LogP contribution in [0.3, 0.4) is 0 Å². The number of aromatic nitrogens is 2. The maximum atomic E-state index is 12.9. The van der Waals surface area contributed by atoms with Gasteiger partial charge in [0, 0.05) is 37.8 Å². The number of carbonyl (C=O) groups excluding carboxylic acids is 1. The van der Waals surface area contributed by atoms with E-state index in [1.54, 1.807) is 7.05 Å². The molecule has 9 nitrogen and oxygen atoms in total. The molecule has 3 rings (SSSR count). The molecule has 3 heterocycles. The summed E-state index contributed by atoms with van der Waals surface area (Å²) in [5, 5.41) is 0. The van der Waals surface area contributed by atoms with Gasteiger partial charge in [0.05, 0.1) is 6.26 Å². The predicted molar refractivity (Wildman–Crippen MR) is 113 cm³/mol. The fourth-order valence-electron chi connectivity index (χ4n) is 4.25. The number of hydrogen-bond acceptors (Lipinski definition) is 7. The molecule has 0 saturated carbocycles. The number of nitrogens with two attached hydrogens (primary N) is 1.